The molecule has 1 N–H and O–H groups in total. The number of amides is 1. The van der Waals surface area contributed by atoms with Crippen LogP contribution in [0.5, 0.6) is 0 Å². The van der Waals surface area contributed by atoms with Gasteiger partial charge in [-0.2, -0.15) is 0 Å². The van der Waals surface area contributed by atoms with Gasteiger partial charge in [0.25, 0.3) is 5.91 Å². The van der Waals surface area contributed by atoms with Gasteiger partial charge in [-0.05, 0) is 41.8 Å². The number of rotatable bonds is 4. The SMILES string of the molecule is CCCN1C(=S)NC(=O)/C1=C\c1ccc(C(C)C)cc1. The summed E-state index contributed by atoms with van der Waals surface area (Å²) in [4.78, 5) is 13.8. The molecule has 0 radical (unpaired) electrons. The Kier molecular flexibility index (Phi) is 4.55. The van der Waals surface area contributed by atoms with Crippen LogP contribution in [0.4, 0.5) is 0 Å². The number of nitrogens with zero attached hydrogens (tertiary/aromatic N) is 1. The van der Waals surface area contributed by atoms with Crippen LogP contribution in [0.3, 0.4) is 0 Å². The molecular formula is C16H20N2OS. The highest BCUT2D eigenvalue weighted by atomic mass is 32.1. The first-order valence-corrected chi connectivity index (χ1v) is 7.38. The van der Waals surface area contributed by atoms with Crippen LogP contribution >= 0.6 is 12.2 Å². The van der Waals surface area contributed by atoms with E-state index >= 15 is 0 Å². The van der Waals surface area contributed by atoms with Crippen molar-refractivity contribution in [3.63, 3.8) is 0 Å². The van der Waals surface area contributed by atoms with Crippen molar-refractivity contribution in [2.24, 2.45) is 0 Å². The fourth-order valence-electron chi connectivity index (χ4n) is 2.18. The van der Waals surface area contributed by atoms with Crippen molar-refractivity contribution in [3.8, 4) is 0 Å². The van der Waals surface area contributed by atoms with Crippen molar-refractivity contribution >= 4 is 29.3 Å². The number of hydrogen-bond acceptors (Lipinski definition) is 2. The average Bonchev–Trinajstić information content (AvgIpc) is 2.67. The summed E-state index contributed by atoms with van der Waals surface area (Å²) in [6.07, 6.45) is 2.84. The maximum atomic E-state index is 11.9. The summed E-state index contributed by atoms with van der Waals surface area (Å²) in [5.74, 6) is 0.395. The Morgan fingerprint density at radius 3 is 2.50 bits per heavy atom. The van der Waals surface area contributed by atoms with E-state index in [4.69, 9.17) is 12.2 Å². The van der Waals surface area contributed by atoms with E-state index in [0.29, 0.717) is 16.7 Å². The molecule has 0 saturated carbocycles. The van der Waals surface area contributed by atoms with E-state index in [-0.39, 0.29) is 5.91 Å². The molecule has 106 valence electrons. The van der Waals surface area contributed by atoms with Crippen LogP contribution in [0.1, 0.15) is 44.2 Å². The zero-order chi connectivity index (χ0) is 14.7. The Balaban J connectivity index is 2.28. The predicted octanol–water partition coefficient (Wildman–Crippen LogP) is 3.28. The van der Waals surface area contributed by atoms with Crippen LogP contribution in [0.25, 0.3) is 6.08 Å². The van der Waals surface area contributed by atoms with E-state index in [2.05, 4.69) is 38.2 Å². The van der Waals surface area contributed by atoms with Crippen molar-refractivity contribution < 1.29 is 4.79 Å². The van der Waals surface area contributed by atoms with Gasteiger partial charge in [-0.1, -0.05) is 45.0 Å². The molecule has 1 heterocycles. The fourth-order valence-corrected chi connectivity index (χ4v) is 2.47. The minimum atomic E-state index is -0.114. The molecular weight excluding hydrogens is 268 g/mol. The summed E-state index contributed by atoms with van der Waals surface area (Å²) in [6, 6.07) is 8.29. The number of hydrogen-bond donors (Lipinski definition) is 1. The van der Waals surface area contributed by atoms with E-state index in [1.807, 2.05) is 23.1 Å². The molecule has 1 saturated heterocycles. The van der Waals surface area contributed by atoms with E-state index < -0.39 is 0 Å². The maximum absolute atomic E-state index is 11.9. The van der Waals surface area contributed by atoms with Crippen molar-refractivity contribution in [1.29, 1.82) is 0 Å². The van der Waals surface area contributed by atoms with E-state index in [9.17, 15) is 4.79 Å². The van der Waals surface area contributed by atoms with Crippen molar-refractivity contribution in [2.75, 3.05) is 6.54 Å². The summed E-state index contributed by atoms with van der Waals surface area (Å²) in [6.45, 7) is 7.16. The molecule has 0 bridgehead atoms. The van der Waals surface area contributed by atoms with Gasteiger partial charge < -0.3 is 4.90 Å². The third kappa shape index (κ3) is 3.07. The molecule has 0 aliphatic carbocycles. The van der Waals surface area contributed by atoms with Gasteiger partial charge in [-0.25, -0.2) is 0 Å². The number of carbonyl (C=O) groups excluding carboxylic acids is 1. The Bertz CT molecular complexity index is 546. The number of thiocarbonyl (C=S) groups is 1. The second-order valence-corrected chi connectivity index (χ2v) is 5.65. The van der Waals surface area contributed by atoms with Crippen LogP contribution in [-0.4, -0.2) is 22.5 Å². The van der Waals surface area contributed by atoms with Gasteiger partial charge in [0.1, 0.15) is 5.70 Å². The maximum Gasteiger partial charge on any atom is 0.274 e. The molecule has 1 aliphatic heterocycles. The molecule has 0 spiro atoms. The van der Waals surface area contributed by atoms with Gasteiger partial charge in [0, 0.05) is 6.54 Å². The average molecular weight is 288 g/mol. The van der Waals surface area contributed by atoms with Gasteiger partial charge in [0.05, 0.1) is 0 Å². The van der Waals surface area contributed by atoms with Gasteiger partial charge in [-0.3, -0.25) is 10.1 Å². The van der Waals surface area contributed by atoms with Crippen LogP contribution < -0.4 is 5.32 Å². The van der Waals surface area contributed by atoms with Crippen molar-refractivity contribution in [3.05, 3.63) is 41.1 Å². The van der Waals surface area contributed by atoms with Gasteiger partial charge >= 0.3 is 0 Å². The number of benzene rings is 1. The lowest BCUT2D eigenvalue weighted by molar-refractivity contribution is -0.115. The molecule has 0 aromatic heterocycles. The summed E-state index contributed by atoms with van der Waals surface area (Å²) in [5.41, 5.74) is 2.95. The minimum absolute atomic E-state index is 0.114. The first-order chi connectivity index (χ1) is 9.52. The monoisotopic (exact) mass is 288 g/mol. The molecule has 1 amide bonds. The van der Waals surface area contributed by atoms with Gasteiger partial charge in [-0.15, -0.1) is 0 Å². The normalized spacial score (nSPS) is 17.2. The van der Waals surface area contributed by atoms with Crippen LogP contribution in [0.15, 0.2) is 30.0 Å². The van der Waals surface area contributed by atoms with Crippen LogP contribution in [0.2, 0.25) is 0 Å². The Morgan fingerprint density at radius 1 is 1.30 bits per heavy atom. The highest BCUT2D eigenvalue weighted by molar-refractivity contribution is 7.80. The predicted molar refractivity (Wildman–Crippen MR) is 86.2 cm³/mol. The van der Waals surface area contributed by atoms with E-state index in [0.717, 1.165) is 18.5 Å². The summed E-state index contributed by atoms with van der Waals surface area (Å²) in [7, 11) is 0. The molecule has 1 aromatic rings. The van der Waals surface area contributed by atoms with E-state index in [1.54, 1.807) is 0 Å². The highest BCUT2D eigenvalue weighted by Gasteiger charge is 2.28. The lowest BCUT2D eigenvalue weighted by Crippen LogP contribution is -2.27. The van der Waals surface area contributed by atoms with Gasteiger partial charge in [0.15, 0.2) is 5.11 Å². The molecule has 1 aliphatic rings. The standard InChI is InChI=1S/C16H20N2OS/c1-4-9-18-14(15(19)17-16(18)20)10-12-5-7-13(8-6-12)11(2)3/h5-8,10-11H,4,9H2,1-3H3,(H,17,19,20)/b14-10+. The summed E-state index contributed by atoms with van der Waals surface area (Å²) >= 11 is 5.18. The lowest BCUT2D eigenvalue weighted by atomic mass is 10.0. The van der Waals surface area contributed by atoms with Crippen molar-refractivity contribution in [2.45, 2.75) is 33.1 Å². The van der Waals surface area contributed by atoms with Crippen LogP contribution in [0, 0.1) is 0 Å². The first kappa shape index (κ1) is 14.7. The second-order valence-electron chi connectivity index (χ2n) is 5.26. The Labute approximate surface area is 125 Å². The zero-order valence-corrected chi connectivity index (χ0v) is 13.0. The van der Waals surface area contributed by atoms with Crippen molar-refractivity contribution in [1.82, 2.24) is 10.2 Å². The molecule has 1 aromatic carbocycles. The number of nitrogens with one attached hydrogen (secondary N) is 1. The third-order valence-corrected chi connectivity index (χ3v) is 3.67. The molecule has 3 nitrogen and oxygen atoms in total. The smallest absolute Gasteiger partial charge is 0.274 e. The molecule has 20 heavy (non-hydrogen) atoms. The minimum Gasteiger partial charge on any atom is -0.314 e. The van der Waals surface area contributed by atoms with Crippen LogP contribution in [-0.2, 0) is 4.79 Å². The fraction of sp³-hybridized carbons (Fsp3) is 0.375. The highest BCUT2D eigenvalue weighted by Crippen LogP contribution is 2.20. The Hall–Kier alpha value is -1.68. The molecule has 2 rings (SSSR count). The zero-order valence-electron chi connectivity index (χ0n) is 12.1. The molecule has 0 unspecified atom stereocenters. The first-order valence-electron chi connectivity index (χ1n) is 6.97. The van der Waals surface area contributed by atoms with Gasteiger partial charge in [0.2, 0.25) is 0 Å². The van der Waals surface area contributed by atoms with E-state index in [1.165, 1.54) is 5.56 Å². The second kappa shape index (κ2) is 6.18. The molecule has 0 atom stereocenters. The Morgan fingerprint density at radius 2 is 1.95 bits per heavy atom. The number of carbonyl (C=O) groups is 1. The summed E-state index contributed by atoms with van der Waals surface area (Å²) in [5, 5.41) is 3.20. The summed E-state index contributed by atoms with van der Waals surface area (Å²) < 4.78 is 0. The third-order valence-electron chi connectivity index (χ3n) is 3.34. The topological polar surface area (TPSA) is 32.3 Å². The quantitative estimate of drug-likeness (QED) is 0.681. The largest absolute Gasteiger partial charge is 0.314 e. The molecule has 4 heteroatoms. The lowest BCUT2D eigenvalue weighted by Gasteiger charge is -2.16. The molecule has 1 fully saturated rings.